The maximum atomic E-state index is 13.3. The Hall–Kier alpha value is -0.590. The first-order valence-electron chi connectivity index (χ1n) is 4.97. The Kier molecular flexibility index (Phi) is 3.75. The van der Waals surface area contributed by atoms with Gasteiger partial charge in [0.05, 0.1) is 13.2 Å². The SMILES string of the molecule is FC(F)C1(c2cccc(Br)c2)COCC(=S)N1. The normalized spacial score (nSPS) is 24.8. The number of ether oxygens (including phenoxy) is 1. The molecule has 6 heteroatoms. The van der Waals surface area contributed by atoms with Crippen LogP contribution in [0.25, 0.3) is 0 Å². The van der Waals surface area contributed by atoms with E-state index in [1.807, 2.05) is 0 Å². The molecular formula is C11H10BrF2NOS. The zero-order valence-electron chi connectivity index (χ0n) is 8.75. The Morgan fingerprint density at radius 3 is 2.82 bits per heavy atom. The van der Waals surface area contributed by atoms with Crippen molar-refractivity contribution >= 4 is 33.1 Å². The molecule has 0 spiro atoms. The fourth-order valence-corrected chi connectivity index (χ4v) is 2.46. The minimum Gasteiger partial charge on any atom is -0.371 e. The van der Waals surface area contributed by atoms with Gasteiger partial charge in [-0.25, -0.2) is 8.78 Å². The van der Waals surface area contributed by atoms with Crippen LogP contribution in [0, 0.1) is 0 Å². The van der Waals surface area contributed by atoms with Crippen molar-refractivity contribution in [1.82, 2.24) is 5.32 Å². The first-order chi connectivity index (χ1) is 8.04. The van der Waals surface area contributed by atoms with Gasteiger partial charge < -0.3 is 10.1 Å². The molecule has 17 heavy (non-hydrogen) atoms. The highest BCUT2D eigenvalue weighted by molar-refractivity contribution is 9.10. The topological polar surface area (TPSA) is 21.3 Å². The highest BCUT2D eigenvalue weighted by Gasteiger charge is 2.45. The zero-order chi connectivity index (χ0) is 12.5. The van der Waals surface area contributed by atoms with E-state index in [0.717, 1.165) is 4.47 Å². The zero-order valence-corrected chi connectivity index (χ0v) is 11.2. The van der Waals surface area contributed by atoms with Crippen molar-refractivity contribution in [2.75, 3.05) is 13.2 Å². The van der Waals surface area contributed by atoms with Gasteiger partial charge in [-0.2, -0.15) is 0 Å². The van der Waals surface area contributed by atoms with E-state index in [-0.39, 0.29) is 13.2 Å². The molecule has 2 nitrogen and oxygen atoms in total. The van der Waals surface area contributed by atoms with E-state index in [9.17, 15) is 8.78 Å². The van der Waals surface area contributed by atoms with Crippen LogP contribution in [0.1, 0.15) is 5.56 Å². The van der Waals surface area contributed by atoms with Crippen molar-refractivity contribution in [3.8, 4) is 0 Å². The second-order valence-corrected chi connectivity index (χ2v) is 5.23. The van der Waals surface area contributed by atoms with Gasteiger partial charge in [0.2, 0.25) is 0 Å². The number of morpholine rings is 1. The molecule has 0 radical (unpaired) electrons. The first-order valence-corrected chi connectivity index (χ1v) is 6.18. The molecule has 2 rings (SSSR count). The molecule has 1 fully saturated rings. The summed E-state index contributed by atoms with van der Waals surface area (Å²) < 4.78 is 32.6. The molecule has 1 atom stereocenters. The second kappa shape index (κ2) is 4.96. The minimum atomic E-state index is -2.60. The number of hydrogen-bond acceptors (Lipinski definition) is 2. The van der Waals surface area contributed by atoms with Gasteiger partial charge in [-0.05, 0) is 17.7 Å². The van der Waals surface area contributed by atoms with Crippen molar-refractivity contribution in [2.45, 2.75) is 12.0 Å². The molecule has 1 N–H and O–H groups in total. The lowest BCUT2D eigenvalue weighted by Gasteiger charge is -2.38. The average molecular weight is 322 g/mol. The van der Waals surface area contributed by atoms with Crippen molar-refractivity contribution in [1.29, 1.82) is 0 Å². The average Bonchev–Trinajstić information content (AvgIpc) is 2.28. The van der Waals surface area contributed by atoms with E-state index >= 15 is 0 Å². The van der Waals surface area contributed by atoms with Gasteiger partial charge in [0.1, 0.15) is 10.5 Å². The minimum absolute atomic E-state index is 0.0960. The lowest BCUT2D eigenvalue weighted by molar-refractivity contribution is -0.0303. The molecule has 0 aliphatic carbocycles. The quantitative estimate of drug-likeness (QED) is 0.846. The van der Waals surface area contributed by atoms with Crippen LogP contribution in [0.4, 0.5) is 8.78 Å². The summed E-state index contributed by atoms with van der Waals surface area (Å²) in [5.41, 5.74) is -1.08. The number of benzene rings is 1. The van der Waals surface area contributed by atoms with Gasteiger partial charge in [0, 0.05) is 4.47 Å². The van der Waals surface area contributed by atoms with Gasteiger partial charge in [0.15, 0.2) is 0 Å². The van der Waals surface area contributed by atoms with E-state index < -0.39 is 12.0 Å². The molecule has 1 aliphatic heterocycles. The predicted molar refractivity (Wildman–Crippen MR) is 68.4 cm³/mol. The number of thiocarbonyl (C=S) groups is 1. The molecule has 1 aromatic rings. The number of hydrogen-bond donors (Lipinski definition) is 1. The summed E-state index contributed by atoms with van der Waals surface area (Å²) in [6.07, 6.45) is -2.60. The lowest BCUT2D eigenvalue weighted by Crippen LogP contribution is -2.58. The third-order valence-corrected chi connectivity index (χ3v) is 3.35. The van der Waals surface area contributed by atoms with Crippen molar-refractivity contribution in [3.63, 3.8) is 0 Å². The number of rotatable bonds is 2. The smallest absolute Gasteiger partial charge is 0.267 e. The second-order valence-electron chi connectivity index (χ2n) is 3.82. The molecule has 0 aromatic heterocycles. The summed E-state index contributed by atoms with van der Waals surface area (Å²) in [5, 5.41) is 2.71. The number of nitrogens with one attached hydrogen (secondary N) is 1. The molecule has 92 valence electrons. The predicted octanol–water partition coefficient (Wildman–Crippen LogP) is 2.86. The number of halogens is 3. The largest absolute Gasteiger partial charge is 0.371 e. The summed E-state index contributed by atoms with van der Waals surface area (Å²) in [6.45, 7) is 0.0963. The summed E-state index contributed by atoms with van der Waals surface area (Å²) in [5.74, 6) is 0. The van der Waals surface area contributed by atoms with E-state index in [4.69, 9.17) is 17.0 Å². The Labute approximate surface area is 111 Å². The fraction of sp³-hybridized carbons (Fsp3) is 0.364. The molecule has 1 unspecified atom stereocenters. The van der Waals surface area contributed by atoms with Crippen LogP contribution in [-0.2, 0) is 10.3 Å². The summed E-state index contributed by atoms with van der Waals surface area (Å²) >= 11 is 8.20. The van der Waals surface area contributed by atoms with E-state index in [0.29, 0.717) is 10.6 Å². The van der Waals surface area contributed by atoms with Crippen LogP contribution >= 0.6 is 28.1 Å². The molecule has 1 heterocycles. The lowest BCUT2D eigenvalue weighted by atomic mass is 9.90. The van der Waals surface area contributed by atoms with Gasteiger partial charge in [-0.3, -0.25) is 0 Å². The van der Waals surface area contributed by atoms with Gasteiger partial charge in [-0.1, -0.05) is 40.3 Å². The van der Waals surface area contributed by atoms with Gasteiger partial charge in [0.25, 0.3) is 6.43 Å². The van der Waals surface area contributed by atoms with Crippen molar-refractivity contribution < 1.29 is 13.5 Å². The van der Waals surface area contributed by atoms with Crippen LogP contribution in [0.15, 0.2) is 28.7 Å². The maximum absolute atomic E-state index is 13.3. The van der Waals surface area contributed by atoms with Crippen LogP contribution < -0.4 is 5.32 Å². The van der Waals surface area contributed by atoms with Crippen molar-refractivity contribution in [2.24, 2.45) is 0 Å². The van der Waals surface area contributed by atoms with Gasteiger partial charge >= 0.3 is 0 Å². The molecule has 0 saturated carbocycles. The Balaban J connectivity index is 2.44. The molecular weight excluding hydrogens is 312 g/mol. The van der Waals surface area contributed by atoms with Crippen LogP contribution in [-0.4, -0.2) is 24.6 Å². The first kappa shape index (κ1) is 12.9. The van der Waals surface area contributed by atoms with Crippen LogP contribution in [0.3, 0.4) is 0 Å². The Morgan fingerprint density at radius 2 is 2.24 bits per heavy atom. The highest BCUT2D eigenvalue weighted by atomic mass is 79.9. The molecule has 1 saturated heterocycles. The standard InChI is InChI=1S/C11H10BrF2NOS/c12-8-3-1-2-7(4-8)11(10(13)14)6-16-5-9(17)15-11/h1-4,10H,5-6H2,(H,15,17). The highest BCUT2D eigenvalue weighted by Crippen LogP contribution is 2.32. The molecule has 1 aliphatic rings. The van der Waals surface area contributed by atoms with Crippen molar-refractivity contribution in [3.05, 3.63) is 34.3 Å². The molecule has 0 bridgehead atoms. The van der Waals surface area contributed by atoms with Crippen LogP contribution in [0.5, 0.6) is 0 Å². The van der Waals surface area contributed by atoms with Gasteiger partial charge in [-0.15, -0.1) is 0 Å². The summed E-state index contributed by atoms with van der Waals surface area (Å²) in [4.78, 5) is 0.302. The van der Waals surface area contributed by atoms with E-state index in [1.165, 1.54) is 0 Å². The number of alkyl halides is 2. The molecule has 0 amide bonds. The van der Waals surface area contributed by atoms with E-state index in [1.54, 1.807) is 24.3 Å². The maximum Gasteiger partial charge on any atom is 0.267 e. The monoisotopic (exact) mass is 321 g/mol. The summed E-state index contributed by atoms with van der Waals surface area (Å²) in [6, 6.07) is 6.78. The third kappa shape index (κ3) is 2.48. The summed E-state index contributed by atoms with van der Waals surface area (Å²) in [7, 11) is 0. The Bertz CT molecular complexity index is 443. The molecule has 1 aromatic carbocycles. The Morgan fingerprint density at radius 1 is 1.47 bits per heavy atom. The van der Waals surface area contributed by atoms with E-state index in [2.05, 4.69) is 21.2 Å². The fourth-order valence-electron chi connectivity index (χ4n) is 1.79. The van der Waals surface area contributed by atoms with Crippen LogP contribution in [0.2, 0.25) is 0 Å². The third-order valence-electron chi connectivity index (χ3n) is 2.64.